The summed E-state index contributed by atoms with van der Waals surface area (Å²) in [4.78, 5) is 0. The Morgan fingerprint density at radius 3 is 2.18 bits per heavy atom. The van der Waals surface area contributed by atoms with E-state index in [0.29, 0.717) is 6.92 Å². The normalized spacial score (nSPS) is 15.2. The third-order valence-electron chi connectivity index (χ3n) is 3.32. The van der Waals surface area contributed by atoms with Crippen LogP contribution in [-0.4, -0.2) is 13.5 Å². The second-order valence-electron chi connectivity index (χ2n) is 4.49. The van der Waals surface area contributed by atoms with E-state index in [1.807, 2.05) is 6.07 Å². The molecule has 1 heterocycles. The maximum absolute atomic E-state index is 5.68. The first kappa shape index (κ1) is 10.6. The van der Waals surface area contributed by atoms with Crippen molar-refractivity contribution in [3.8, 4) is 11.1 Å². The van der Waals surface area contributed by atoms with Gasteiger partial charge < -0.3 is 4.65 Å². The maximum Gasteiger partial charge on any atom is 0.326 e. The van der Waals surface area contributed by atoms with Crippen molar-refractivity contribution in [1.82, 2.24) is 0 Å². The Labute approximate surface area is 103 Å². The van der Waals surface area contributed by atoms with Crippen LogP contribution < -0.4 is 5.46 Å². The summed E-state index contributed by atoms with van der Waals surface area (Å²) in [7, 11) is 0. The van der Waals surface area contributed by atoms with Crippen molar-refractivity contribution < 1.29 is 4.65 Å². The summed E-state index contributed by atoms with van der Waals surface area (Å²) in [6, 6.07) is 19.2. The van der Waals surface area contributed by atoms with Gasteiger partial charge in [-0.2, -0.15) is 0 Å². The van der Waals surface area contributed by atoms with E-state index in [-0.39, 0.29) is 0 Å². The Kier molecular flexibility index (Phi) is 2.97. The third kappa shape index (κ3) is 2.27. The molecular weight excluding hydrogens is 207 g/mol. The number of hydrogen-bond acceptors (Lipinski definition) is 1. The molecule has 1 fully saturated rings. The van der Waals surface area contributed by atoms with E-state index < -0.39 is 0 Å². The zero-order valence-corrected chi connectivity index (χ0v) is 9.80. The minimum Gasteiger partial charge on any atom is -0.431 e. The predicted octanol–water partition coefficient (Wildman–Crippen LogP) is 2.97. The summed E-state index contributed by atoms with van der Waals surface area (Å²) in [6.07, 6.45) is 2.34. The Morgan fingerprint density at radius 2 is 1.53 bits per heavy atom. The average Bonchev–Trinajstić information content (AvgIpc) is 2.94. The summed E-state index contributed by atoms with van der Waals surface area (Å²) >= 11 is 0. The molecular formula is C15H15BO. The highest BCUT2D eigenvalue weighted by Gasteiger charge is 2.22. The summed E-state index contributed by atoms with van der Waals surface area (Å²) in [5.41, 5.74) is 3.85. The van der Waals surface area contributed by atoms with Gasteiger partial charge >= 0.3 is 6.92 Å². The van der Waals surface area contributed by atoms with Crippen molar-refractivity contribution in [3.63, 3.8) is 0 Å². The van der Waals surface area contributed by atoms with Gasteiger partial charge in [-0.25, -0.2) is 0 Å². The van der Waals surface area contributed by atoms with Crippen molar-refractivity contribution in [2.75, 3.05) is 6.61 Å². The number of benzene rings is 2. The Bertz CT molecular complexity index is 472. The number of rotatable bonds is 2. The summed E-state index contributed by atoms with van der Waals surface area (Å²) in [5, 5.41) is 0. The molecule has 2 aromatic rings. The summed E-state index contributed by atoms with van der Waals surface area (Å²) in [6.45, 7) is 1.23. The van der Waals surface area contributed by atoms with Gasteiger partial charge in [-0.3, -0.25) is 0 Å². The van der Waals surface area contributed by atoms with E-state index in [4.69, 9.17) is 4.65 Å². The van der Waals surface area contributed by atoms with Gasteiger partial charge in [0.2, 0.25) is 0 Å². The van der Waals surface area contributed by atoms with E-state index >= 15 is 0 Å². The van der Waals surface area contributed by atoms with Crippen LogP contribution in [0.3, 0.4) is 0 Å². The van der Waals surface area contributed by atoms with Crippen LogP contribution in [-0.2, 0) is 4.65 Å². The van der Waals surface area contributed by atoms with Crippen LogP contribution in [0.1, 0.15) is 6.42 Å². The maximum atomic E-state index is 5.68. The molecule has 0 N–H and O–H groups in total. The van der Waals surface area contributed by atoms with E-state index in [2.05, 4.69) is 48.5 Å². The molecule has 0 radical (unpaired) electrons. The highest BCUT2D eigenvalue weighted by atomic mass is 16.4. The molecule has 1 nitrogen and oxygen atoms in total. The fourth-order valence-electron chi connectivity index (χ4n) is 2.36. The molecule has 0 saturated carbocycles. The Balaban J connectivity index is 1.85. The average molecular weight is 222 g/mol. The van der Waals surface area contributed by atoms with Crippen molar-refractivity contribution in [2.24, 2.45) is 0 Å². The zero-order chi connectivity index (χ0) is 11.5. The van der Waals surface area contributed by atoms with Crippen LogP contribution in [0.4, 0.5) is 0 Å². The van der Waals surface area contributed by atoms with Gasteiger partial charge in [-0.15, -0.1) is 0 Å². The molecule has 0 aliphatic carbocycles. The van der Waals surface area contributed by atoms with Gasteiger partial charge in [0.15, 0.2) is 0 Å². The lowest BCUT2D eigenvalue weighted by Crippen LogP contribution is -2.28. The largest absolute Gasteiger partial charge is 0.431 e. The van der Waals surface area contributed by atoms with Gasteiger partial charge in [-0.05, 0) is 29.3 Å². The second kappa shape index (κ2) is 4.76. The van der Waals surface area contributed by atoms with E-state index in [1.54, 1.807) is 0 Å². The molecule has 0 atom stereocenters. The summed E-state index contributed by atoms with van der Waals surface area (Å²) < 4.78 is 5.68. The molecule has 2 aromatic carbocycles. The lowest BCUT2D eigenvalue weighted by Gasteiger charge is -2.07. The van der Waals surface area contributed by atoms with Gasteiger partial charge in [-0.1, -0.05) is 54.6 Å². The molecule has 1 saturated heterocycles. The van der Waals surface area contributed by atoms with Crippen molar-refractivity contribution >= 4 is 12.4 Å². The first-order chi connectivity index (χ1) is 8.43. The van der Waals surface area contributed by atoms with Gasteiger partial charge in [0.25, 0.3) is 0 Å². The SMILES string of the molecule is c1ccc(-c2ccc(B3CCCO3)cc2)cc1. The van der Waals surface area contributed by atoms with Crippen LogP contribution in [0, 0.1) is 0 Å². The minimum absolute atomic E-state index is 0.319. The lowest BCUT2D eigenvalue weighted by molar-refractivity contribution is 0.366. The minimum atomic E-state index is 0.319. The smallest absolute Gasteiger partial charge is 0.326 e. The first-order valence-electron chi connectivity index (χ1n) is 6.20. The molecule has 2 heteroatoms. The molecule has 1 aliphatic heterocycles. The standard InChI is InChI=1S/C15H15BO/c1-2-5-13(6-3-1)14-7-9-15(10-8-14)16-11-4-12-17-16/h1-3,5-10H,4,11-12H2. The highest BCUT2D eigenvalue weighted by Crippen LogP contribution is 2.18. The van der Waals surface area contributed by atoms with E-state index in [0.717, 1.165) is 12.9 Å². The first-order valence-corrected chi connectivity index (χ1v) is 6.20. The highest BCUT2D eigenvalue weighted by molar-refractivity contribution is 6.67. The van der Waals surface area contributed by atoms with Crippen LogP contribution in [0.2, 0.25) is 6.32 Å². The molecule has 1 aliphatic rings. The van der Waals surface area contributed by atoms with Crippen molar-refractivity contribution in [2.45, 2.75) is 12.7 Å². The van der Waals surface area contributed by atoms with E-state index in [9.17, 15) is 0 Å². The quantitative estimate of drug-likeness (QED) is 0.709. The zero-order valence-electron chi connectivity index (χ0n) is 9.80. The monoisotopic (exact) mass is 222 g/mol. The molecule has 3 rings (SSSR count). The van der Waals surface area contributed by atoms with Gasteiger partial charge in [0, 0.05) is 6.61 Å². The predicted molar refractivity (Wildman–Crippen MR) is 72.6 cm³/mol. The Morgan fingerprint density at radius 1 is 0.824 bits per heavy atom. The number of hydrogen-bond donors (Lipinski definition) is 0. The molecule has 84 valence electrons. The Hall–Kier alpha value is -1.54. The fourth-order valence-corrected chi connectivity index (χ4v) is 2.36. The van der Waals surface area contributed by atoms with Crippen LogP contribution in [0.5, 0.6) is 0 Å². The molecule has 0 aromatic heterocycles. The van der Waals surface area contributed by atoms with Crippen molar-refractivity contribution in [3.05, 3.63) is 54.6 Å². The van der Waals surface area contributed by atoms with Gasteiger partial charge in [0.1, 0.15) is 0 Å². The molecule has 17 heavy (non-hydrogen) atoms. The van der Waals surface area contributed by atoms with Crippen LogP contribution in [0.15, 0.2) is 54.6 Å². The second-order valence-corrected chi connectivity index (χ2v) is 4.49. The van der Waals surface area contributed by atoms with Crippen LogP contribution in [0.25, 0.3) is 11.1 Å². The summed E-state index contributed by atoms with van der Waals surface area (Å²) in [5.74, 6) is 0. The fraction of sp³-hybridized carbons (Fsp3) is 0.200. The third-order valence-corrected chi connectivity index (χ3v) is 3.32. The topological polar surface area (TPSA) is 9.23 Å². The van der Waals surface area contributed by atoms with E-state index in [1.165, 1.54) is 23.0 Å². The molecule has 0 spiro atoms. The van der Waals surface area contributed by atoms with Crippen molar-refractivity contribution in [1.29, 1.82) is 0 Å². The molecule has 0 bridgehead atoms. The van der Waals surface area contributed by atoms with Gasteiger partial charge in [0.05, 0.1) is 0 Å². The molecule has 0 unspecified atom stereocenters. The lowest BCUT2D eigenvalue weighted by atomic mass is 9.59. The molecule has 0 amide bonds. The van der Waals surface area contributed by atoms with Crippen LogP contribution >= 0.6 is 0 Å².